The fourth-order valence-corrected chi connectivity index (χ4v) is 3.20. The molecule has 0 aliphatic carbocycles. The van der Waals surface area contributed by atoms with Crippen LogP contribution in [0.15, 0.2) is 24.3 Å². The van der Waals surface area contributed by atoms with Crippen LogP contribution in [0.3, 0.4) is 0 Å². The van der Waals surface area contributed by atoms with Gasteiger partial charge in [-0.3, -0.25) is 0 Å². The zero-order valence-corrected chi connectivity index (χ0v) is 12.1. The van der Waals surface area contributed by atoms with Gasteiger partial charge in [0.1, 0.15) is 5.15 Å². The zero-order valence-electron chi connectivity index (χ0n) is 10.6. The highest BCUT2D eigenvalue weighted by molar-refractivity contribution is 6.36. The number of hydrogen-bond donors (Lipinski definition) is 1. The van der Waals surface area contributed by atoms with Gasteiger partial charge in [0.15, 0.2) is 0 Å². The standard InChI is InChI=1S/C15H16Cl2N2/c16-14-4-2-12-13(19-14)3-1-11(15(12)17)9-10-5-7-18-8-6-10/h1-4,10,18H,5-9H2. The lowest BCUT2D eigenvalue weighted by molar-refractivity contribution is 0.373. The largest absolute Gasteiger partial charge is 0.317 e. The minimum atomic E-state index is 0.509. The molecule has 0 atom stereocenters. The molecular weight excluding hydrogens is 279 g/mol. The molecule has 1 aliphatic heterocycles. The van der Waals surface area contributed by atoms with Crippen molar-refractivity contribution in [2.75, 3.05) is 13.1 Å². The van der Waals surface area contributed by atoms with Crippen LogP contribution in [-0.2, 0) is 6.42 Å². The summed E-state index contributed by atoms with van der Waals surface area (Å²) >= 11 is 12.4. The minimum Gasteiger partial charge on any atom is -0.317 e. The van der Waals surface area contributed by atoms with Crippen molar-refractivity contribution in [2.24, 2.45) is 5.92 Å². The Kier molecular flexibility index (Phi) is 3.92. The van der Waals surface area contributed by atoms with Crippen molar-refractivity contribution in [3.63, 3.8) is 0 Å². The Morgan fingerprint density at radius 1 is 1.11 bits per heavy atom. The Bertz CT molecular complexity index is 592. The van der Waals surface area contributed by atoms with E-state index >= 15 is 0 Å². The molecule has 0 unspecified atom stereocenters. The van der Waals surface area contributed by atoms with Crippen LogP contribution in [0.1, 0.15) is 18.4 Å². The summed E-state index contributed by atoms with van der Waals surface area (Å²) < 4.78 is 0. The van der Waals surface area contributed by atoms with Crippen LogP contribution in [0, 0.1) is 5.92 Å². The second-order valence-electron chi connectivity index (χ2n) is 5.14. The number of nitrogens with zero attached hydrogens (tertiary/aromatic N) is 1. The lowest BCUT2D eigenvalue weighted by atomic mass is 9.90. The van der Waals surface area contributed by atoms with E-state index in [9.17, 15) is 0 Å². The smallest absolute Gasteiger partial charge is 0.129 e. The van der Waals surface area contributed by atoms with Crippen LogP contribution in [0.5, 0.6) is 0 Å². The van der Waals surface area contributed by atoms with Gasteiger partial charge in [0.05, 0.1) is 10.5 Å². The van der Waals surface area contributed by atoms with Gasteiger partial charge in [-0.1, -0.05) is 29.3 Å². The first-order chi connectivity index (χ1) is 9.24. The van der Waals surface area contributed by atoms with Crippen LogP contribution in [0.25, 0.3) is 10.9 Å². The van der Waals surface area contributed by atoms with Gasteiger partial charge in [0, 0.05) is 5.39 Å². The van der Waals surface area contributed by atoms with Crippen molar-refractivity contribution < 1.29 is 0 Å². The molecule has 19 heavy (non-hydrogen) atoms. The maximum Gasteiger partial charge on any atom is 0.129 e. The van der Waals surface area contributed by atoms with Crippen molar-refractivity contribution in [1.29, 1.82) is 0 Å². The highest BCUT2D eigenvalue weighted by atomic mass is 35.5. The normalized spacial score (nSPS) is 16.9. The topological polar surface area (TPSA) is 24.9 Å². The first-order valence-electron chi connectivity index (χ1n) is 6.68. The predicted molar refractivity (Wildman–Crippen MR) is 81.1 cm³/mol. The fraction of sp³-hybridized carbons (Fsp3) is 0.400. The third kappa shape index (κ3) is 2.86. The van der Waals surface area contributed by atoms with E-state index in [0.717, 1.165) is 41.4 Å². The number of rotatable bonds is 2. The molecule has 2 aromatic rings. The average molecular weight is 295 g/mol. The van der Waals surface area contributed by atoms with Crippen LogP contribution in [0.4, 0.5) is 0 Å². The molecule has 1 saturated heterocycles. The summed E-state index contributed by atoms with van der Waals surface area (Å²) in [6.45, 7) is 2.24. The summed E-state index contributed by atoms with van der Waals surface area (Å²) in [6.07, 6.45) is 3.51. The van der Waals surface area contributed by atoms with Crippen molar-refractivity contribution in [3.8, 4) is 0 Å². The van der Waals surface area contributed by atoms with Crippen LogP contribution >= 0.6 is 23.2 Å². The van der Waals surface area contributed by atoms with Gasteiger partial charge in [-0.05, 0) is 62.0 Å². The van der Waals surface area contributed by atoms with Crippen LogP contribution in [0.2, 0.25) is 10.2 Å². The molecule has 2 nitrogen and oxygen atoms in total. The summed E-state index contributed by atoms with van der Waals surface area (Å²) in [4.78, 5) is 4.30. The van der Waals surface area contributed by atoms with Gasteiger partial charge < -0.3 is 5.32 Å². The number of aromatic nitrogens is 1. The van der Waals surface area contributed by atoms with Crippen molar-refractivity contribution in [2.45, 2.75) is 19.3 Å². The number of piperidine rings is 1. The molecule has 1 aromatic heterocycles. The molecule has 4 heteroatoms. The second kappa shape index (κ2) is 5.66. The first kappa shape index (κ1) is 13.2. The SMILES string of the molecule is Clc1ccc2c(Cl)c(CC3CCNCC3)ccc2n1. The number of hydrogen-bond acceptors (Lipinski definition) is 2. The second-order valence-corrected chi connectivity index (χ2v) is 5.90. The van der Waals surface area contributed by atoms with Gasteiger partial charge in [0.2, 0.25) is 0 Å². The number of nitrogens with one attached hydrogen (secondary N) is 1. The molecular formula is C15H16Cl2N2. The van der Waals surface area contributed by atoms with Crippen LogP contribution in [-0.4, -0.2) is 18.1 Å². The number of benzene rings is 1. The highest BCUT2D eigenvalue weighted by Crippen LogP contribution is 2.30. The van der Waals surface area contributed by atoms with Gasteiger partial charge in [-0.2, -0.15) is 0 Å². The van der Waals surface area contributed by atoms with Gasteiger partial charge >= 0.3 is 0 Å². The van der Waals surface area contributed by atoms with E-state index in [1.807, 2.05) is 12.1 Å². The van der Waals surface area contributed by atoms with Gasteiger partial charge in [-0.25, -0.2) is 4.98 Å². The van der Waals surface area contributed by atoms with Crippen LogP contribution < -0.4 is 5.32 Å². The molecule has 1 aromatic carbocycles. The monoisotopic (exact) mass is 294 g/mol. The Hall–Kier alpha value is -0.830. The van der Waals surface area contributed by atoms with Gasteiger partial charge in [-0.15, -0.1) is 0 Å². The Labute approximate surface area is 123 Å². The number of fused-ring (bicyclic) bond motifs is 1. The maximum atomic E-state index is 6.51. The zero-order chi connectivity index (χ0) is 13.2. The number of halogens is 2. The summed E-state index contributed by atoms with van der Waals surface area (Å²) in [5.74, 6) is 0.733. The van der Waals surface area contributed by atoms with E-state index in [2.05, 4.69) is 16.4 Å². The van der Waals surface area contributed by atoms with E-state index in [-0.39, 0.29) is 0 Å². The predicted octanol–water partition coefficient (Wildman–Crippen LogP) is 4.08. The van der Waals surface area contributed by atoms with Crippen molar-refractivity contribution >= 4 is 34.1 Å². The maximum absolute atomic E-state index is 6.51. The molecule has 0 spiro atoms. The van der Waals surface area contributed by atoms with Gasteiger partial charge in [0.25, 0.3) is 0 Å². The summed E-state index contributed by atoms with van der Waals surface area (Å²) in [5.41, 5.74) is 2.09. The van der Waals surface area contributed by atoms with E-state index in [0.29, 0.717) is 5.15 Å². The Morgan fingerprint density at radius 3 is 2.68 bits per heavy atom. The van der Waals surface area contributed by atoms with E-state index in [1.165, 1.54) is 18.4 Å². The molecule has 1 aliphatic rings. The molecule has 1 N–H and O–H groups in total. The van der Waals surface area contributed by atoms with E-state index < -0.39 is 0 Å². The van der Waals surface area contributed by atoms with E-state index in [1.54, 1.807) is 6.07 Å². The number of pyridine rings is 1. The fourth-order valence-electron chi connectivity index (χ4n) is 2.74. The molecule has 0 amide bonds. The molecule has 100 valence electrons. The third-order valence-corrected chi connectivity index (χ3v) is 4.48. The lowest BCUT2D eigenvalue weighted by Crippen LogP contribution is -2.28. The Morgan fingerprint density at radius 2 is 1.89 bits per heavy atom. The Balaban J connectivity index is 1.91. The summed E-state index contributed by atoms with van der Waals surface area (Å²) in [6, 6.07) is 7.86. The molecule has 0 radical (unpaired) electrons. The molecule has 3 rings (SSSR count). The lowest BCUT2D eigenvalue weighted by Gasteiger charge is -2.23. The summed E-state index contributed by atoms with van der Waals surface area (Å²) in [7, 11) is 0. The third-order valence-electron chi connectivity index (χ3n) is 3.82. The quantitative estimate of drug-likeness (QED) is 0.844. The highest BCUT2D eigenvalue weighted by Gasteiger charge is 2.16. The molecule has 1 fully saturated rings. The average Bonchev–Trinajstić information content (AvgIpc) is 2.43. The van der Waals surface area contributed by atoms with E-state index in [4.69, 9.17) is 23.2 Å². The molecule has 0 saturated carbocycles. The van der Waals surface area contributed by atoms with Crippen molar-refractivity contribution in [1.82, 2.24) is 10.3 Å². The summed E-state index contributed by atoms with van der Waals surface area (Å²) in [5, 5.41) is 5.73. The minimum absolute atomic E-state index is 0.509. The first-order valence-corrected chi connectivity index (χ1v) is 7.44. The van der Waals surface area contributed by atoms with Crippen molar-refractivity contribution in [3.05, 3.63) is 40.0 Å². The molecule has 0 bridgehead atoms. The molecule has 2 heterocycles.